The van der Waals surface area contributed by atoms with Crippen molar-refractivity contribution in [2.24, 2.45) is 5.92 Å². The number of amides is 1. The van der Waals surface area contributed by atoms with Crippen LogP contribution in [-0.2, 0) is 11.3 Å². The molecule has 1 saturated heterocycles. The van der Waals surface area contributed by atoms with E-state index in [0.717, 1.165) is 16.7 Å². The van der Waals surface area contributed by atoms with Crippen molar-refractivity contribution >= 4 is 11.9 Å². The Morgan fingerprint density at radius 3 is 2.95 bits per heavy atom. The van der Waals surface area contributed by atoms with Crippen LogP contribution in [0, 0.1) is 5.92 Å². The molecule has 0 spiro atoms. The molecule has 5 heteroatoms. The van der Waals surface area contributed by atoms with Gasteiger partial charge in [-0.2, -0.15) is 0 Å². The third kappa shape index (κ3) is 2.00. The van der Waals surface area contributed by atoms with Crippen LogP contribution in [0.3, 0.4) is 0 Å². The predicted molar refractivity (Wildman–Crippen MR) is 68.7 cm³/mol. The van der Waals surface area contributed by atoms with Gasteiger partial charge in [-0.25, -0.2) is 0 Å². The summed E-state index contributed by atoms with van der Waals surface area (Å²) in [6, 6.07) is 5.91. The minimum absolute atomic E-state index is 0.0325. The van der Waals surface area contributed by atoms with Gasteiger partial charge in [-0.3, -0.25) is 9.59 Å². The van der Waals surface area contributed by atoms with E-state index >= 15 is 0 Å². The predicted octanol–water partition coefficient (Wildman–Crippen LogP) is 1.01. The molecule has 1 amide bonds. The number of aliphatic carboxylic acids is 1. The van der Waals surface area contributed by atoms with E-state index in [0.29, 0.717) is 19.5 Å². The summed E-state index contributed by atoms with van der Waals surface area (Å²) < 4.78 is 0. The molecule has 100 valence electrons. The van der Waals surface area contributed by atoms with Crippen LogP contribution in [0.25, 0.3) is 0 Å². The number of fused-ring (bicyclic) bond motifs is 1. The molecule has 5 nitrogen and oxygen atoms in total. The Labute approximate surface area is 111 Å². The number of carboxylic acid groups (broad SMARTS) is 1. The van der Waals surface area contributed by atoms with Gasteiger partial charge in [0.15, 0.2) is 0 Å². The quantitative estimate of drug-likeness (QED) is 0.832. The van der Waals surface area contributed by atoms with Crippen molar-refractivity contribution in [1.29, 1.82) is 0 Å². The maximum absolute atomic E-state index is 11.9. The van der Waals surface area contributed by atoms with Crippen LogP contribution in [0.15, 0.2) is 18.2 Å². The molecule has 0 aliphatic carbocycles. The number of carboxylic acids is 1. The van der Waals surface area contributed by atoms with E-state index in [2.05, 4.69) is 5.32 Å². The molecule has 19 heavy (non-hydrogen) atoms. The van der Waals surface area contributed by atoms with Crippen LogP contribution in [0.5, 0.6) is 0 Å². The van der Waals surface area contributed by atoms with Crippen LogP contribution < -0.4 is 5.32 Å². The van der Waals surface area contributed by atoms with Crippen molar-refractivity contribution in [1.82, 2.24) is 10.2 Å². The molecule has 1 fully saturated rings. The largest absolute Gasteiger partial charge is 0.481 e. The van der Waals surface area contributed by atoms with Gasteiger partial charge in [0.2, 0.25) is 0 Å². The lowest BCUT2D eigenvalue weighted by molar-refractivity contribution is -0.141. The van der Waals surface area contributed by atoms with Crippen LogP contribution in [0.1, 0.15) is 33.9 Å². The fourth-order valence-corrected chi connectivity index (χ4v) is 2.86. The summed E-state index contributed by atoms with van der Waals surface area (Å²) in [4.78, 5) is 24.6. The Hall–Kier alpha value is -1.88. The molecule has 2 heterocycles. The van der Waals surface area contributed by atoms with Crippen LogP contribution in [-0.4, -0.2) is 35.5 Å². The summed E-state index contributed by atoms with van der Waals surface area (Å²) in [7, 11) is 1.79. The summed E-state index contributed by atoms with van der Waals surface area (Å²) in [6.45, 7) is 1.15. The monoisotopic (exact) mass is 260 g/mol. The first kappa shape index (κ1) is 12.2. The van der Waals surface area contributed by atoms with Gasteiger partial charge in [0.1, 0.15) is 0 Å². The Morgan fingerprint density at radius 1 is 1.47 bits per heavy atom. The summed E-state index contributed by atoms with van der Waals surface area (Å²) in [6.07, 6.45) is 0.581. The average molecular weight is 260 g/mol. The van der Waals surface area contributed by atoms with E-state index in [-0.39, 0.29) is 17.9 Å². The highest BCUT2D eigenvalue weighted by Crippen LogP contribution is 2.30. The lowest BCUT2D eigenvalue weighted by atomic mass is 9.97. The molecule has 2 unspecified atom stereocenters. The van der Waals surface area contributed by atoms with Gasteiger partial charge < -0.3 is 15.3 Å². The Bertz CT molecular complexity index is 556. The second-order valence-corrected chi connectivity index (χ2v) is 5.31. The third-order valence-electron chi connectivity index (χ3n) is 4.00. The SMILES string of the molecule is CN1Cc2ccc(C3CC(C(=O)O)CN3)cc2C1=O. The van der Waals surface area contributed by atoms with Gasteiger partial charge in [0, 0.05) is 31.7 Å². The standard InChI is InChI=1S/C14H16N2O3/c1-16-7-9-3-2-8(4-11(9)13(16)17)12-5-10(6-15-12)14(18)19/h2-4,10,12,15H,5-7H2,1H3,(H,18,19). The number of carbonyl (C=O) groups is 2. The maximum Gasteiger partial charge on any atom is 0.307 e. The van der Waals surface area contributed by atoms with E-state index in [1.54, 1.807) is 11.9 Å². The Balaban J connectivity index is 1.85. The van der Waals surface area contributed by atoms with Gasteiger partial charge in [-0.15, -0.1) is 0 Å². The zero-order valence-electron chi connectivity index (χ0n) is 10.7. The first-order valence-corrected chi connectivity index (χ1v) is 6.40. The minimum atomic E-state index is -0.757. The van der Waals surface area contributed by atoms with Crippen LogP contribution >= 0.6 is 0 Å². The van der Waals surface area contributed by atoms with Gasteiger partial charge in [-0.1, -0.05) is 12.1 Å². The molecule has 0 saturated carbocycles. The molecule has 2 N–H and O–H groups in total. The first-order valence-electron chi connectivity index (χ1n) is 6.40. The van der Waals surface area contributed by atoms with E-state index in [4.69, 9.17) is 5.11 Å². The third-order valence-corrected chi connectivity index (χ3v) is 4.00. The molecule has 2 aliphatic rings. The van der Waals surface area contributed by atoms with E-state index in [1.165, 1.54) is 0 Å². The minimum Gasteiger partial charge on any atom is -0.481 e. The molecule has 0 bridgehead atoms. The van der Waals surface area contributed by atoms with Crippen LogP contribution in [0.4, 0.5) is 0 Å². The van der Waals surface area contributed by atoms with Crippen molar-refractivity contribution in [3.63, 3.8) is 0 Å². The molecular formula is C14H16N2O3. The van der Waals surface area contributed by atoms with E-state index in [1.807, 2.05) is 18.2 Å². The lowest BCUT2D eigenvalue weighted by Gasteiger charge is -2.11. The topological polar surface area (TPSA) is 69.6 Å². The molecule has 2 atom stereocenters. The van der Waals surface area contributed by atoms with Gasteiger partial charge >= 0.3 is 5.97 Å². The van der Waals surface area contributed by atoms with Crippen molar-refractivity contribution in [2.75, 3.05) is 13.6 Å². The number of rotatable bonds is 2. The average Bonchev–Trinajstić information content (AvgIpc) is 2.96. The van der Waals surface area contributed by atoms with Crippen molar-refractivity contribution in [2.45, 2.75) is 19.0 Å². The fraction of sp³-hybridized carbons (Fsp3) is 0.429. The number of nitrogens with one attached hydrogen (secondary N) is 1. The summed E-state index contributed by atoms with van der Waals surface area (Å²) in [5.41, 5.74) is 2.80. The van der Waals surface area contributed by atoms with Gasteiger partial charge in [0.25, 0.3) is 5.91 Å². The molecule has 0 radical (unpaired) electrons. The fourth-order valence-electron chi connectivity index (χ4n) is 2.86. The second kappa shape index (κ2) is 4.35. The van der Waals surface area contributed by atoms with Gasteiger partial charge in [-0.05, 0) is 23.6 Å². The Kier molecular flexibility index (Phi) is 2.78. The lowest BCUT2D eigenvalue weighted by Crippen LogP contribution is -2.18. The summed E-state index contributed by atoms with van der Waals surface area (Å²) >= 11 is 0. The zero-order chi connectivity index (χ0) is 13.6. The highest BCUT2D eigenvalue weighted by Gasteiger charge is 2.31. The Morgan fingerprint density at radius 2 is 2.26 bits per heavy atom. The molecule has 1 aromatic carbocycles. The zero-order valence-corrected chi connectivity index (χ0v) is 10.7. The second-order valence-electron chi connectivity index (χ2n) is 5.31. The molecule has 2 aliphatic heterocycles. The number of hydrogen-bond donors (Lipinski definition) is 2. The number of benzene rings is 1. The van der Waals surface area contributed by atoms with E-state index < -0.39 is 5.97 Å². The summed E-state index contributed by atoms with van der Waals surface area (Å²) in [5, 5.41) is 12.2. The van der Waals surface area contributed by atoms with Crippen molar-refractivity contribution in [3.05, 3.63) is 34.9 Å². The van der Waals surface area contributed by atoms with Gasteiger partial charge in [0.05, 0.1) is 5.92 Å². The first-order chi connectivity index (χ1) is 9.06. The van der Waals surface area contributed by atoms with Crippen molar-refractivity contribution < 1.29 is 14.7 Å². The number of hydrogen-bond acceptors (Lipinski definition) is 3. The molecular weight excluding hydrogens is 244 g/mol. The van der Waals surface area contributed by atoms with Crippen molar-refractivity contribution in [3.8, 4) is 0 Å². The summed E-state index contributed by atoms with van der Waals surface area (Å²) in [5.74, 6) is -1.05. The number of nitrogens with zero attached hydrogens (tertiary/aromatic N) is 1. The number of carbonyl (C=O) groups excluding carboxylic acids is 1. The normalized spacial score (nSPS) is 25.7. The molecule has 0 aromatic heterocycles. The van der Waals surface area contributed by atoms with E-state index in [9.17, 15) is 9.59 Å². The maximum atomic E-state index is 11.9. The van der Waals surface area contributed by atoms with Crippen LogP contribution in [0.2, 0.25) is 0 Å². The smallest absolute Gasteiger partial charge is 0.307 e. The molecule has 1 aromatic rings. The highest BCUT2D eigenvalue weighted by molar-refractivity contribution is 5.98. The highest BCUT2D eigenvalue weighted by atomic mass is 16.4. The molecule has 3 rings (SSSR count).